The van der Waals surface area contributed by atoms with Gasteiger partial charge in [0.15, 0.2) is 0 Å². The zero-order chi connectivity index (χ0) is 18.6. The van der Waals surface area contributed by atoms with Crippen molar-refractivity contribution >= 4 is 28.3 Å². The Morgan fingerprint density at radius 3 is 2.37 bits per heavy atom. The molecule has 1 heterocycles. The summed E-state index contributed by atoms with van der Waals surface area (Å²) < 4.78 is 0. The maximum Gasteiger partial charge on any atom is 0.221 e. The second-order valence-corrected chi connectivity index (χ2v) is 6.29. The molecule has 0 spiro atoms. The Balaban J connectivity index is 1.70. The lowest BCUT2D eigenvalue weighted by Crippen LogP contribution is -2.13. The number of hydrogen-bond donors (Lipinski definition) is 2. The van der Waals surface area contributed by atoms with Crippen molar-refractivity contribution in [1.82, 2.24) is 9.97 Å². The summed E-state index contributed by atoms with van der Waals surface area (Å²) in [4.78, 5) is 19.8. The molecule has 4 aromatic rings. The van der Waals surface area contributed by atoms with E-state index in [1.807, 2.05) is 66.7 Å². The minimum absolute atomic E-state index is 0.247. The lowest BCUT2D eigenvalue weighted by molar-refractivity contribution is -0.117. The second-order valence-electron chi connectivity index (χ2n) is 6.29. The summed E-state index contributed by atoms with van der Waals surface area (Å²) >= 11 is 0. The van der Waals surface area contributed by atoms with Gasteiger partial charge in [0.05, 0.1) is 11.9 Å². The number of aromatic nitrogens is 2. The lowest BCUT2D eigenvalue weighted by atomic mass is 10.0. The fraction of sp³-hybridized carbons (Fsp3) is 0.0455. The van der Waals surface area contributed by atoms with E-state index in [2.05, 4.69) is 21.4 Å². The molecule has 0 radical (unpaired) electrons. The van der Waals surface area contributed by atoms with Crippen molar-refractivity contribution < 1.29 is 4.79 Å². The average Bonchev–Trinajstić information content (AvgIpc) is 2.69. The van der Waals surface area contributed by atoms with E-state index >= 15 is 0 Å². The van der Waals surface area contributed by atoms with Crippen LogP contribution in [-0.4, -0.2) is 15.9 Å². The number of fused-ring (bicyclic) bond motifs is 1. The zero-order valence-electron chi connectivity index (χ0n) is 14.6. The van der Waals surface area contributed by atoms with Crippen LogP contribution in [0, 0.1) is 0 Å². The number of amides is 1. The highest BCUT2D eigenvalue weighted by molar-refractivity contribution is 5.93. The van der Waals surface area contributed by atoms with Crippen LogP contribution in [0.3, 0.4) is 0 Å². The Bertz CT molecular complexity index is 1090. The standard InChI is InChI=1S/C22H18N4O/c23-21(27)12-15-6-8-16(9-7-15)17-10-11-20-19(13-17)22(25-14-24-20)26-18-4-2-1-3-5-18/h1-11,13-14H,12H2,(H2,23,27)(H,24,25,26). The monoisotopic (exact) mass is 354 g/mol. The van der Waals surface area contributed by atoms with Crippen molar-refractivity contribution in [2.45, 2.75) is 6.42 Å². The predicted molar refractivity (Wildman–Crippen MR) is 108 cm³/mol. The fourth-order valence-corrected chi connectivity index (χ4v) is 3.01. The Kier molecular flexibility index (Phi) is 4.49. The van der Waals surface area contributed by atoms with Crippen LogP contribution < -0.4 is 11.1 Å². The van der Waals surface area contributed by atoms with Crippen LogP contribution >= 0.6 is 0 Å². The van der Waals surface area contributed by atoms with Gasteiger partial charge in [0, 0.05) is 11.1 Å². The first-order valence-electron chi connectivity index (χ1n) is 8.63. The van der Waals surface area contributed by atoms with Gasteiger partial charge in [0.25, 0.3) is 0 Å². The highest BCUT2D eigenvalue weighted by Crippen LogP contribution is 2.28. The van der Waals surface area contributed by atoms with Gasteiger partial charge >= 0.3 is 0 Å². The minimum atomic E-state index is -0.331. The molecule has 1 amide bonds. The third-order valence-electron chi connectivity index (χ3n) is 4.34. The van der Waals surface area contributed by atoms with Gasteiger partial charge in [0.1, 0.15) is 12.1 Å². The van der Waals surface area contributed by atoms with Gasteiger partial charge in [0.2, 0.25) is 5.91 Å². The topological polar surface area (TPSA) is 80.9 Å². The number of nitrogens with zero attached hydrogens (tertiary/aromatic N) is 2. The van der Waals surface area contributed by atoms with Gasteiger partial charge in [-0.15, -0.1) is 0 Å². The maximum atomic E-state index is 11.1. The van der Waals surface area contributed by atoms with E-state index in [1.54, 1.807) is 6.33 Å². The van der Waals surface area contributed by atoms with Crippen molar-refractivity contribution in [3.8, 4) is 11.1 Å². The largest absolute Gasteiger partial charge is 0.369 e. The van der Waals surface area contributed by atoms with E-state index in [-0.39, 0.29) is 12.3 Å². The summed E-state index contributed by atoms with van der Waals surface area (Å²) in [6, 6.07) is 23.8. The smallest absolute Gasteiger partial charge is 0.221 e. The molecule has 0 bridgehead atoms. The molecule has 0 saturated carbocycles. The summed E-state index contributed by atoms with van der Waals surface area (Å²) in [5.41, 5.74) is 10.1. The number of carbonyl (C=O) groups excluding carboxylic acids is 1. The summed E-state index contributed by atoms with van der Waals surface area (Å²) in [6.07, 6.45) is 1.81. The Morgan fingerprint density at radius 1 is 0.889 bits per heavy atom. The van der Waals surface area contributed by atoms with Crippen LogP contribution in [0.15, 0.2) is 79.1 Å². The molecule has 1 aromatic heterocycles. The van der Waals surface area contributed by atoms with Crippen LogP contribution in [0.25, 0.3) is 22.0 Å². The zero-order valence-corrected chi connectivity index (χ0v) is 14.6. The van der Waals surface area contributed by atoms with Crippen molar-refractivity contribution in [1.29, 1.82) is 0 Å². The van der Waals surface area contributed by atoms with Crippen LogP contribution in [0.5, 0.6) is 0 Å². The van der Waals surface area contributed by atoms with Crippen LogP contribution in [-0.2, 0) is 11.2 Å². The molecule has 5 heteroatoms. The molecule has 0 aliphatic rings. The van der Waals surface area contributed by atoms with Crippen LogP contribution in [0.4, 0.5) is 11.5 Å². The Morgan fingerprint density at radius 2 is 1.63 bits per heavy atom. The number of anilines is 2. The number of primary amides is 1. The van der Waals surface area contributed by atoms with Crippen LogP contribution in [0.2, 0.25) is 0 Å². The first kappa shape index (κ1) is 16.7. The highest BCUT2D eigenvalue weighted by atomic mass is 16.1. The van der Waals surface area contributed by atoms with Gasteiger partial charge < -0.3 is 11.1 Å². The second kappa shape index (κ2) is 7.25. The summed E-state index contributed by atoms with van der Waals surface area (Å²) in [6.45, 7) is 0. The first-order valence-corrected chi connectivity index (χ1v) is 8.63. The number of rotatable bonds is 5. The minimum Gasteiger partial charge on any atom is -0.369 e. The Hall–Kier alpha value is -3.73. The van der Waals surface area contributed by atoms with Gasteiger partial charge in [-0.25, -0.2) is 9.97 Å². The van der Waals surface area contributed by atoms with Crippen molar-refractivity contribution in [3.05, 3.63) is 84.7 Å². The van der Waals surface area contributed by atoms with Gasteiger partial charge in [-0.1, -0.05) is 48.5 Å². The number of nitrogens with one attached hydrogen (secondary N) is 1. The fourth-order valence-electron chi connectivity index (χ4n) is 3.01. The first-order chi connectivity index (χ1) is 13.2. The van der Waals surface area contributed by atoms with E-state index < -0.39 is 0 Å². The summed E-state index contributed by atoms with van der Waals surface area (Å²) in [5, 5.41) is 4.30. The molecular formula is C22H18N4O. The van der Waals surface area contributed by atoms with E-state index in [0.29, 0.717) is 0 Å². The van der Waals surface area contributed by atoms with E-state index in [4.69, 9.17) is 5.73 Å². The van der Waals surface area contributed by atoms with E-state index in [9.17, 15) is 4.79 Å². The van der Waals surface area contributed by atoms with E-state index in [0.717, 1.165) is 39.1 Å². The predicted octanol–water partition coefficient (Wildman–Crippen LogP) is 4.07. The normalized spacial score (nSPS) is 10.7. The highest BCUT2D eigenvalue weighted by Gasteiger charge is 2.07. The molecule has 0 saturated heterocycles. The van der Waals surface area contributed by atoms with Crippen molar-refractivity contribution in [2.24, 2.45) is 5.73 Å². The maximum absolute atomic E-state index is 11.1. The third-order valence-corrected chi connectivity index (χ3v) is 4.34. The molecule has 5 nitrogen and oxygen atoms in total. The van der Waals surface area contributed by atoms with Gasteiger partial charge in [-0.3, -0.25) is 4.79 Å². The number of benzene rings is 3. The SMILES string of the molecule is NC(=O)Cc1ccc(-c2ccc3ncnc(Nc4ccccc4)c3c2)cc1. The molecule has 0 aliphatic carbocycles. The molecule has 4 rings (SSSR count). The van der Waals surface area contributed by atoms with Crippen molar-refractivity contribution in [3.63, 3.8) is 0 Å². The molecule has 3 N–H and O–H groups in total. The average molecular weight is 354 g/mol. The Labute approximate surface area is 156 Å². The molecule has 27 heavy (non-hydrogen) atoms. The number of para-hydroxylation sites is 1. The molecular weight excluding hydrogens is 336 g/mol. The number of nitrogens with two attached hydrogens (primary N) is 1. The summed E-state index contributed by atoms with van der Waals surface area (Å²) in [7, 11) is 0. The molecule has 132 valence electrons. The number of carbonyl (C=O) groups is 1. The molecule has 0 atom stereocenters. The lowest BCUT2D eigenvalue weighted by Gasteiger charge is -2.10. The van der Waals surface area contributed by atoms with Gasteiger partial charge in [-0.2, -0.15) is 0 Å². The van der Waals surface area contributed by atoms with Crippen LogP contribution in [0.1, 0.15) is 5.56 Å². The molecule has 3 aromatic carbocycles. The van der Waals surface area contributed by atoms with Gasteiger partial charge in [-0.05, 0) is 41.0 Å². The molecule has 0 aliphatic heterocycles. The van der Waals surface area contributed by atoms with E-state index in [1.165, 1.54) is 0 Å². The third kappa shape index (κ3) is 3.77. The molecule has 0 fully saturated rings. The summed E-state index contributed by atoms with van der Waals surface area (Å²) in [5.74, 6) is 0.431. The quantitative estimate of drug-likeness (QED) is 0.566. The number of hydrogen-bond acceptors (Lipinski definition) is 4. The van der Waals surface area contributed by atoms with Crippen molar-refractivity contribution in [2.75, 3.05) is 5.32 Å². The molecule has 0 unspecified atom stereocenters.